The van der Waals surface area contributed by atoms with Crippen molar-refractivity contribution < 1.29 is 0 Å². The molecular weight excluding hydrogens is 483 g/mol. The second-order valence-corrected chi connectivity index (χ2v) is 14.8. The van der Waals surface area contributed by atoms with E-state index in [1.54, 1.807) is 23.3 Å². The fourth-order valence-corrected chi connectivity index (χ4v) is 7.99. The van der Waals surface area contributed by atoms with Crippen LogP contribution in [-0.4, -0.2) is 15.8 Å². The van der Waals surface area contributed by atoms with Crippen LogP contribution >= 0.6 is 0 Å². The summed E-state index contributed by atoms with van der Waals surface area (Å²) in [5, 5.41) is 3.24. The Labute approximate surface area is 232 Å². The summed E-state index contributed by atoms with van der Waals surface area (Å²) in [6.45, 7) is 4.62. The summed E-state index contributed by atoms with van der Waals surface area (Å²) in [6.07, 6.45) is 44.7. The average Bonchev–Trinajstić information content (AvgIpc) is 2.87. The van der Waals surface area contributed by atoms with Gasteiger partial charge in [0.05, 0.1) is 0 Å². The van der Waals surface area contributed by atoms with Gasteiger partial charge in [-0.2, -0.15) is 0 Å². The van der Waals surface area contributed by atoms with Gasteiger partial charge in [0.25, 0.3) is 0 Å². The van der Waals surface area contributed by atoms with Gasteiger partial charge in [0, 0.05) is 0 Å². The van der Waals surface area contributed by atoms with Gasteiger partial charge < -0.3 is 0 Å². The van der Waals surface area contributed by atoms with Crippen molar-refractivity contribution in [1.82, 2.24) is 0 Å². The van der Waals surface area contributed by atoms with E-state index >= 15 is 0 Å². The third kappa shape index (κ3) is 34.6. The van der Waals surface area contributed by atoms with Crippen LogP contribution in [0.2, 0.25) is 10.4 Å². The van der Waals surface area contributed by atoms with Gasteiger partial charge in [-0.3, -0.25) is 0 Å². The number of unbranched alkanes of at least 4 members (excludes halogenated alkanes) is 28. The molecule has 212 valence electrons. The van der Waals surface area contributed by atoms with Crippen LogP contribution in [0.4, 0.5) is 0 Å². The molecule has 0 heterocycles. The molecule has 0 aliphatic heterocycles. The first-order valence-corrected chi connectivity index (χ1v) is 20.1. The Morgan fingerprint density at radius 3 is 0.600 bits per heavy atom. The minimum atomic E-state index is 0.406. The molecule has 0 nitrogen and oxygen atoms in total. The zero-order valence-electron chi connectivity index (χ0n) is 25.1. The van der Waals surface area contributed by atoms with Crippen molar-refractivity contribution in [2.75, 3.05) is 0 Å². The monoisotopic (exact) mass is 554 g/mol. The van der Waals surface area contributed by atoms with Crippen LogP contribution in [0.5, 0.6) is 0 Å². The second-order valence-electron chi connectivity index (χ2n) is 11.6. The van der Waals surface area contributed by atoms with E-state index in [0.29, 0.717) is 15.8 Å². The summed E-state index contributed by atoms with van der Waals surface area (Å²) in [5.41, 5.74) is 0. The maximum atomic E-state index is 2.31. The second kappa shape index (κ2) is 34.6. The molecule has 0 N–H and O–H groups in total. The Morgan fingerprint density at radius 1 is 0.229 bits per heavy atom. The molecule has 1 heteroatoms. The van der Waals surface area contributed by atoms with Crippen molar-refractivity contribution in [2.24, 2.45) is 0 Å². The summed E-state index contributed by atoms with van der Waals surface area (Å²) >= 11 is 0.406. The average molecular weight is 555 g/mol. The Morgan fingerprint density at radius 2 is 0.400 bits per heavy atom. The normalized spacial score (nSPS) is 11.5. The molecule has 0 spiro atoms. The Bertz CT molecular complexity index is 307. The number of hydrogen-bond donors (Lipinski definition) is 0. The fraction of sp³-hybridized carbons (Fsp3) is 1.00. The molecule has 0 radical (unpaired) electrons. The summed E-state index contributed by atoms with van der Waals surface area (Å²) in [7, 11) is 0. The summed E-state index contributed by atoms with van der Waals surface area (Å²) < 4.78 is 0. The molecule has 0 rings (SSSR count). The Hall–Kier alpha value is 0.558. The van der Waals surface area contributed by atoms with E-state index in [4.69, 9.17) is 0 Å². The van der Waals surface area contributed by atoms with Crippen LogP contribution in [0, 0.1) is 0 Å². The summed E-state index contributed by atoms with van der Waals surface area (Å²) in [5.74, 6) is 0. The van der Waals surface area contributed by atoms with Crippen LogP contribution in [0.1, 0.15) is 206 Å². The van der Waals surface area contributed by atoms with Gasteiger partial charge in [0.2, 0.25) is 0 Å². The van der Waals surface area contributed by atoms with Crippen LogP contribution in [0.15, 0.2) is 0 Å². The van der Waals surface area contributed by atoms with Gasteiger partial charge >= 0.3 is 167 Å². The van der Waals surface area contributed by atoms with E-state index in [2.05, 4.69) is 13.8 Å². The van der Waals surface area contributed by atoms with E-state index in [9.17, 15) is 0 Å². The van der Waals surface area contributed by atoms with Gasteiger partial charge in [-0.05, 0) is 0 Å². The number of hydrogen-bond acceptors (Lipinski definition) is 0. The predicted octanol–water partition coefficient (Wildman–Crippen LogP) is 13.0. The standard InChI is InChI=1S/C34H71As/c1-3-5-7-9-11-13-15-17-19-21-23-25-27-29-31-33-35-34-32-30-28-26-24-22-20-18-16-14-12-10-8-6-4-2/h35H,3-34H2,1-2H3. The van der Waals surface area contributed by atoms with Crippen molar-refractivity contribution in [1.29, 1.82) is 0 Å². The molecule has 0 amide bonds. The Balaban J connectivity index is 3.00. The van der Waals surface area contributed by atoms with E-state index in [1.165, 1.54) is 180 Å². The van der Waals surface area contributed by atoms with E-state index in [0.717, 1.165) is 0 Å². The molecule has 0 atom stereocenters. The quantitative estimate of drug-likeness (QED) is 0.0573. The van der Waals surface area contributed by atoms with Gasteiger partial charge in [-0.1, -0.05) is 65.2 Å². The maximum absolute atomic E-state index is 2.31. The van der Waals surface area contributed by atoms with E-state index in [-0.39, 0.29) is 0 Å². The topological polar surface area (TPSA) is 0 Å². The van der Waals surface area contributed by atoms with E-state index < -0.39 is 0 Å². The zero-order valence-corrected chi connectivity index (χ0v) is 27.2. The van der Waals surface area contributed by atoms with E-state index in [1.807, 2.05) is 0 Å². The number of rotatable bonds is 32. The summed E-state index contributed by atoms with van der Waals surface area (Å²) in [4.78, 5) is 0. The molecule has 0 aliphatic carbocycles. The van der Waals surface area contributed by atoms with Crippen molar-refractivity contribution in [3.8, 4) is 0 Å². The minimum absolute atomic E-state index is 0.406. The Kier molecular flexibility index (Phi) is 35.1. The smallest absolute Gasteiger partial charge is 0.0654 e. The van der Waals surface area contributed by atoms with Crippen LogP contribution in [0.3, 0.4) is 0 Å². The first kappa shape index (κ1) is 35.6. The fourth-order valence-electron chi connectivity index (χ4n) is 5.37. The molecule has 0 saturated carbocycles. The molecule has 0 saturated heterocycles. The van der Waals surface area contributed by atoms with Crippen LogP contribution in [-0.2, 0) is 0 Å². The predicted molar refractivity (Wildman–Crippen MR) is 167 cm³/mol. The third-order valence-electron chi connectivity index (χ3n) is 7.91. The molecule has 0 unspecified atom stereocenters. The SMILES string of the molecule is CCCCCCCCCCCCCCCCC[AsH]CCCCCCCCCCCCCCCCC. The van der Waals surface area contributed by atoms with Crippen molar-refractivity contribution >= 4 is 15.8 Å². The third-order valence-corrected chi connectivity index (χ3v) is 10.9. The van der Waals surface area contributed by atoms with Gasteiger partial charge in [0.1, 0.15) is 0 Å². The van der Waals surface area contributed by atoms with Crippen LogP contribution in [0.25, 0.3) is 0 Å². The molecule has 0 aromatic carbocycles. The summed E-state index contributed by atoms with van der Waals surface area (Å²) in [6, 6.07) is 0. The minimum Gasteiger partial charge on any atom is -0.0654 e. The molecule has 0 bridgehead atoms. The van der Waals surface area contributed by atoms with Gasteiger partial charge in [-0.15, -0.1) is 0 Å². The zero-order chi connectivity index (χ0) is 25.3. The van der Waals surface area contributed by atoms with Crippen molar-refractivity contribution in [3.05, 3.63) is 0 Å². The van der Waals surface area contributed by atoms with Gasteiger partial charge in [-0.25, -0.2) is 0 Å². The molecule has 35 heavy (non-hydrogen) atoms. The van der Waals surface area contributed by atoms with Crippen LogP contribution < -0.4 is 0 Å². The molecular formula is C34H71As. The van der Waals surface area contributed by atoms with Crippen molar-refractivity contribution in [2.45, 2.75) is 217 Å². The molecule has 0 fully saturated rings. The molecule has 0 aromatic rings. The molecule has 0 aromatic heterocycles. The molecule has 0 aliphatic rings. The first-order chi connectivity index (χ1) is 17.4. The first-order valence-electron chi connectivity index (χ1n) is 17.1. The van der Waals surface area contributed by atoms with Crippen molar-refractivity contribution in [3.63, 3.8) is 0 Å². The van der Waals surface area contributed by atoms with Gasteiger partial charge in [0.15, 0.2) is 0 Å².